The van der Waals surface area contributed by atoms with E-state index in [2.05, 4.69) is 14.9 Å². The number of aliphatic carboxylic acids is 1. The van der Waals surface area contributed by atoms with Crippen molar-refractivity contribution in [3.05, 3.63) is 0 Å². The van der Waals surface area contributed by atoms with E-state index in [9.17, 15) is 48.0 Å². The molecule has 0 spiro atoms. The van der Waals surface area contributed by atoms with Gasteiger partial charge in [-0.2, -0.15) is 34.8 Å². The van der Waals surface area contributed by atoms with Crippen LogP contribution in [0, 0.1) is 0 Å². The van der Waals surface area contributed by atoms with Gasteiger partial charge < -0.3 is 9.29 Å². The van der Waals surface area contributed by atoms with Crippen molar-refractivity contribution in [1.29, 1.82) is 0 Å². The Labute approximate surface area is 142 Å². The lowest BCUT2D eigenvalue weighted by Crippen LogP contribution is -2.28. The Morgan fingerprint density at radius 2 is 1.20 bits per heavy atom. The second kappa shape index (κ2) is 10.6. The second-order valence-corrected chi connectivity index (χ2v) is 8.27. The van der Waals surface area contributed by atoms with Gasteiger partial charge in [0, 0.05) is 10.7 Å². The molecule has 0 unspecified atom stereocenters. The van der Waals surface area contributed by atoms with Crippen LogP contribution >= 0.6 is 10.7 Å². The maximum atomic E-state index is 11.4. The largest absolute Gasteiger partial charge is 0.492 e. The highest BCUT2D eigenvalue weighted by molar-refractivity contribution is 8.13. The van der Waals surface area contributed by atoms with Crippen molar-refractivity contribution in [2.24, 2.45) is 0 Å². The SMILES string of the molecule is CCS(=O)(=O)Cl.CCS(=O)(=O)OC(=O)C(F)(F)F.O=C(O)C(F)(F)F. The first-order valence-electron chi connectivity index (χ1n) is 5.45. The first-order valence-corrected chi connectivity index (χ1v) is 9.50. The molecule has 0 aromatic heterocycles. The lowest BCUT2D eigenvalue weighted by Gasteiger charge is -2.04. The van der Waals surface area contributed by atoms with Crippen molar-refractivity contribution >= 4 is 41.8 Å². The van der Waals surface area contributed by atoms with Gasteiger partial charge in [0.05, 0.1) is 11.5 Å². The number of carboxylic acid groups (broad SMARTS) is 1. The molecule has 1 N–H and O–H groups in total. The summed E-state index contributed by atoms with van der Waals surface area (Å²) in [6, 6.07) is 0. The van der Waals surface area contributed by atoms with Crippen LogP contribution in [0.1, 0.15) is 13.8 Å². The topological polar surface area (TPSA) is 132 Å². The summed E-state index contributed by atoms with van der Waals surface area (Å²) in [5.74, 6) is -6.15. The maximum Gasteiger partial charge on any atom is 0.492 e. The van der Waals surface area contributed by atoms with Gasteiger partial charge in [0.15, 0.2) is 0 Å². The van der Waals surface area contributed by atoms with Crippen LogP contribution in [0.15, 0.2) is 0 Å². The van der Waals surface area contributed by atoms with Crippen molar-refractivity contribution in [1.82, 2.24) is 0 Å². The Hall–Kier alpha value is -1.29. The third kappa shape index (κ3) is 20.7. The smallest absolute Gasteiger partial charge is 0.475 e. The van der Waals surface area contributed by atoms with Crippen LogP contribution in [0.25, 0.3) is 0 Å². The third-order valence-corrected chi connectivity index (χ3v) is 3.83. The predicted molar refractivity (Wildman–Crippen MR) is 70.6 cm³/mol. The Morgan fingerprint density at radius 3 is 1.32 bits per heavy atom. The highest BCUT2D eigenvalue weighted by Gasteiger charge is 2.43. The third-order valence-electron chi connectivity index (χ3n) is 1.37. The number of hydrogen-bond acceptors (Lipinski definition) is 7. The molecule has 0 aliphatic carbocycles. The molecule has 0 aliphatic heterocycles. The summed E-state index contributed by atoms with van der Waals surface area (Å²) in [6.45, 7) is 2.54. The molecule has 0 aliphatic rings. The van der Waals surface area contributed by atoms with Gasteiger partial charge in [-0.1, -0.05) is 6.92 Å². The van der Waals surface area contributed by atoms with Gasteiger partial charge >= 0.3 is 34.4 Å². The number of carbonyl (C=O) groups excluding carboxylic acids is 1. The van der Waals surface area contributed by atoms with E-state index in [0.29, 0.717) is 0 Å². The van der Waals surface area contributed by atoms with E-state index in [-0.39, 0.29) is 5.75 Å². The summed E-state index contributed by atoms with van der Waals surface area (Å²) < 4.78 is 109. The Bertz CT molecular complexity index is 637. The summed E-state index contributed by atoms with van der Waals surface area (Å²) in [6.07, 6.45) is -10.4. The normalized spacial score (nSPS) is 12.0. The Balaban J connectivity index is -0.000000317. The molecular weight excluding hydrogens is 438 g/mol. The molecule has 25 heavy (non-hydrogen) atoms. The highest BCUT2D eigenvalue weighted by atomic mass is 35.7. The number of rotatable bonds is 3. The van der Waals surface area contributed by atoms with E-state index in [4.69, 9.17) is 9.90 Å². The molecule has 0 saturated carbocycles. The van der Waals surface area contributed by atoms with Gasteiger partial charge in [-0.15, -0.1) is 0 Å². The van der Waals surface area contributed by atoms with E-state index < -0.39 is 49.2 Å². The summed E-state index contributed by atoms with van der Waals surface area (Å²) >= 11 is 0. The Morgan fingerprint density at radius 1 is 0.920 bits per heavy atom. The molecule has 0 radical (unpaired) electrons. The molecule has 0 amide bonds. The molecule has 0 rings (SSSR count). The van der Waals surface area contributed by atoms with Crippen molar-refractivity contribution in [2.75, 3.05) is 11.5 Å². The maximum absolute atomic E-state index is 11.4. The molecule has 0 bridgehead atoms. The monoisotopic (exact) mass is 448 g/mol. The zero-order valence-electron chi connectivity index (χ0n) is 12.2. The molecular formula is C8H11ClF6O8S2. The molecule has 152 valence electrons. The number of carboxylic acids is 1. The van der Waals surface area contributed by atoms with E-state index in [1.807, 2.05) is 0 Å². The molecule has 0 aromatic carbocycles. The van der Waals surface area contributed by atoms with Gasteiger partial charge in [0.25, 0.3) is 0 Å². The van der Waals surface area contributed by atoms with E-state index in [1.165, 1.54) is 6.92 Å². The number of halogens is 7. The van der Waals surface area contributed by atoms with Gasteiger partial charge in [-0.05, 0) is 6.92 Å². The molecule has 0 fully saturated rings. The molecule has 17 heteroatoms. The number of alkyl halides is 6. The van der Waals surface area contributed by atoms with Crippen LogP contribution in [0.3, 0.4) is 0 Å². The molecule has 0 atom stereocenters. The zero-order chi connectivity index (χ0) is 21.3. The minimum absolute atomic E-state index is 0.00849. The fourth-order valence-corrected chi connectivity index (χ4v) is 0.664. The second-order valence-electron chi connectivity index (χ2n) is 3.35. The van der Waals surface area contributed by atoms with Crippen LogP contribution in [-0.4, -0.2) is 57.7 Å². The van der Waals surface area contributed by atoms with Gasteiger partial charge in [-0.3, -0.25) is 0 Å². The minimum atomic E-state index is -5.28. The standard InChI is InChI=1S/C4H5F3O4S.C2H5ClO2S.C2HF3O2/c1-2-12(9,10)11-3(8)4(5,6)7;1-2-6(3,4)5;3-2(4,5)1(6)7/h2H2,1H3;2H2,1H3;(H,6,7). The first kappa shape index (κ1) is 28.5. The zero-order valence-corrected chi connectivity index (χ0v) is 14.6. The van der Waals surface area contributed by atoms with Crippen molar-refractivity contribution < 1.29 is 62.1 Å². The molecule has 0 heterocycles. The van der Waals surface area contributed by atoms with E-state index >= 15 is 0 Å². The average molecular weight is 449 g/mol. The molecule has 0 aromatic rings. The summed E-state index contributed by atoms with van der Waals surface area (Å²) in [5.41, 5.74) is 0. The predicted octanol–water partition coefficient (Wildman–Crippen LogP) is 1.65. The first-order chi connectivity index (χ1) is 10.7. The minimum Gasteiger partial charge on any atom is -0.475 e. The van der Waals surface area contributed by atoms with Crippen LogP contribution < -0.4 is 0 Å². The van der Waals surface area contributed by atoms with Crippen LogP contribution in [0.5, 0.6) is 0 Å². The van der Waals surface area contributed by atoms with Crippen molar-refractivity contribution in [3.8, 4) is 0 Å². The van der Waals surface area contributed by atoms with Gasteiger partial charge in [0.2, 0.25) is 9.05 Å². The number of hydrogen-bond donors (Lipinski definition) is 1. The fraction of sp³-hybridized carbons (Fsp3) is 0.750. The van der Waals surface area contributed by atoms with Crippen LogP contribution in [0.2, 0.25) is 0 Å². The average Bonchev–Trinajstić information content (AvgIpc) is 2.36. The quantitative estimate of drug-likeness (QED) is 0.391. The number of carbonyl (C=O) groups is 2. The molecule has 0 saturated heterocycles. The Kier molecular flexibility index (Phi) is 12.1. The highest BCUT2D eigenvalue weighted by Crippen LogP contribution is 2.17. The van der Waals surface area contributed by atoms with E-state index in [1.54, 1.807) is 0 Å². The lowest BCUT2D eigenvalue weighted by atomic mass is 10.7. The molecule has 8 nitrogen and oxygen atoms in total. The summed E-state index contributed by atoms with van der Waals surface area (Å²) in [5, 5.41) is 7.12. The van der Waals surface area contributed by atoms with Crippen molar-refractivity contribution in [3.63, 3.8) is 0 Å². The van der Waals surface area contributed by atoms with Crippen molar-refractivity contribution in [2.45, 2.75) is 26.2 Å². The van der Waals surface area contributed by atoms with E-state index in [0.717, 1.165) is 6.92 Å². The lowest BCUT2D eigenvalue weighted by molar-refractivity contribution is -0.192. The fourth-order valence-electron chi connectivity index (χ4n) is 0.221. The summed E-state index contributed by atoms with van der Waals surface area (Å²) in [4.78, 5) is 18.8. The van der Waals surface area contributed by atoms with Crippen LogP contribution in [-0.2, 0) is 32.9 Å². The summed E-state index contributed by atoms with van der Waals surface area (Å²) in [7, 11) is -2.87. The van der Waals surface area contributed by atoms with Crippen LogP contribution in [0.4, 0.5) is 26.3 Å². The van der Waals surface area contributed by atoms with Gasteiger partial charge in [0.1, 0.15) is 0 Å². The van der Waals surface area contributed by atoms with Gasteiger partial charge in [-0.25, -0.2) is 18.0 Å².